The van der Waals surface area contributed by atoms with Gasteiger partial charge >= 0.3 is 0 Å². The molecule has 0 aliphatic heterocycles. The molecule has 0 aliphatic rings. The highest BCUT2D eigenvalue weighted by molar-refractivity contribution is 9.28. The number of benzene rings is 2. The average molecular weight is 564 g/mol. The lowest BCUT2D eigenvalue weighted by Crippen LogP contribution is -2.13. The van der Waals surface area contributed by atoms with Crippen LogP contribution in [-0.2, 0) is 21.4 Å². The number of aryl methyl sites for hydroxylation is 2. The van der Waals surface area contributed by atoms with E-state index < -0.39 is 10.0 Å². The quantitative estimate of drug-likeness (QED) is 0.287. The molecule has 31 heavy (non-hydrogen) atoms. The zero-order chi connectivity index (χ0) is 22.3. The molecule has 8 heteroatoms. The Kier molecular flexibility index (Phi) is 6.09. The fourth-order valence-electron chi connectivity index (χ4n) is 3.86. The second-order valence-corrected chi connectivity index (χ2v) is 11.8. The summed E-state index contributed by atoms with van der Waals surface area (Å²) in [6, 6.07) is 12.5. The molecule has 5 nitrogen and oxygen atoms in total. The van der Waals surface area contributed by atoms with Gasteiger partial charge in [0.25, 0.3) is 10.0 Å². The van der Waals surface area contributed by atoms with Gasteiger partial charge in [-0.15, -0.1) is 0 Å². The van der Waals surface area contributed by atoms with E-state index in [4.69, 9.17) is 4.74 Å². The van der Waals surface area contributed by atoms with Crippen molar-refractivity contribution in [2.24, 2.45) is 0 Å². The van der Waals surface area contributed by atoms with Crippen molar-refractivity contribution in [3.05, 3.63) is 74.4 Å². The third-order valence-electron chi connectivity index (χ3n) is 5.26. The first-order chi connectivity index (χ1) is 14.8. The van der Waals surface area contributed by atoms with Gasteiger partial charge in [0.1, 0.15) is 0 Å². The van der Waals surface area contributed by atoms with Crippen LogP contribution in [0.15, 0.2) is 56.9 Å². The van der Waals surface area contributed by atoms with Crippen molar-refractivity contribution >= 4 is 69.8 Å². The number of methoxy groups -OCH3 is 1. The molecule has 0 unspecified atom stereocenters. The van der Waals surface area contributed by atoms with Gasteiger partial charge < -0.3 is 4.74 Å². The van der Waals surface area contributed by atoms with Gasteiger partial charge in [0, 0.05) is 17.9 Å². The second-order valence-electron chi connectivity index (χ2n) is 7.29. The summed E-state index contributed by atoms with van der Waals surface area (Å²) in [6.45, 7) is 4.25. The summed E-state index contributed by atoms with van der Waals surface area (Å²) < 4.78 is 35.1. The molecular weight excluding hydrogens is 544 g/mol. The molecule has 0 N–H and O–H groups in total. The summed E-state index contributed by atoms with van der Waals surface area (Å²) in [5, 5.41) is 1.70. The first kappa shape index (κ1) is 22.2. The van der Waals surface area contributed by atoms with Crippen LogP contribution >= 0.6 is 31.9 Å². The third kappa shape index (κ3) is 3.86. The maximum absolute atomic E-state index is 13.8. The Hall–Kier alpha value is -2.00. The Balaban J connectivity index is 2.17. The van der Waals surface area contributed by atoms with Crippen LogP contribution in [0.3, 0.4) is 0 Å². The number of nitrogens with zero attached hydrogens (tertiary/aromatic N) is 2. The molecular formula is C23H20Br2N2O3S. The number of halogens is 2. The predicted molar refractivity (Wildman–Crippen MR) is 132 cm³/mol. The van der Waals surface area contributed by atoms with Crippen LogP contribution in [0.1, 0.15) is 22.4 Å². The molecule has 0 saturated carbocycles. The number of hydrogen-bond acceptors (Lipinski definition) is 4. The molecule has 0 amide bonds. The number of rotatable bonds is 5. The molecule has 0 fully saturated rings. The van der Waals surface area contributed by atoms with Crippen molar-refractivity contribution in [3.63, 3.8) is 0 Å². The molecule has 0 atom stereocenters. The van der Waals surface area contributed by atoms with Gasteiger partial charge in [-0.25, -0.2) is 12.4 Å². The summed E-state index contributed by atoms with van der Waals surface area (Å²) in [4.78, 5) is 4.78. The lowest BCUT2D eigenvalue weighted by atomic mass is 10.0. The Morgan fingerprint density at radius 1 is 1.06 bits per heavy atom. The molecule has 0 radical (unpaired) electrons. The molecule has 2 heterocycles. The normalized spacial score (nSPS) is 11.9. The van der Waals surface area contributed by atoms with Crippen molar-refractivity contribution in [2.45, 2.75) is 25.3 Å². The SMILES string of the molecule is COCc1cccc2c1c1c(C)c(C=C(Br)Br)ncc1n2S(=O)(=O)c1ccc(C)cc1. The molecule has 0 bridgehead atoms. The van der Waals surface area contributed by atoms with Gasteiger partial charge in [-0.3, -0.25) is 4.98 Å². The molecule has 0 spiro atoms. The van der Waals surface area contributed by atoms with Crippen LogP contribution in [0, 0.1) is 13.8 Å². The molecule has 2 aromatic carbocycles. The Labute approximate surface area is 198 Å². The van der Waals surface area contributed by atoms with E-state index in [0.717, 1.165) is 36.5 Å². The molecule has 4 aromatic rings. The van der Waals surface area contributed by atoms with E-state index >= 15 is 0 Å². The van der Waals surface area contributed by atoms with E-state index in [9.17, 15) is 8.42 Å². The topological polar surface area (TPSA) is 61.2 Å². The van der Waals surface area contributed by atoms with Crippen LogP contribution in [0.4, 0.5) is 0 Å². The third-order valence-corrected chi connectivity index (χ3v) is 7.46. The highest BCUT2D eigenvalue weighted by Gasteiger charge is 2.26. The number of hydrogen-bond donors (Lipinski definition) is 0. The van der Waals surface area contributed by atoms with Gasteiger partial charge in [-0.05, 0) is 81.1 Å². The van der Waals surface area contributed by atoms with E-state index in [-0.39, 0.29) is 4.90 Å². The smallest absolute Gasteiger partial charge is 0.268 e. The minimum atomic E-state index is -3.85. The van der Waals surface area contributed by atoms with Gasteiger partial charge in [0.05, 0.1) is 37.8 Å². The minimum absolute atomic E-state index is 0.235. The molecule has 2 aromatic heterocycles. The molecule has 0 aliphatic carbocycles. The van der Waals surface area contributed by atoms with Crippen LogP contribution in [0.5, 0.6) is 0 Å². The van der Waals surface area contributed by atoms with E-state index in [1.807, 2.05) is 38.1 Å². The lowest BCUT2D eigenvalue weighted by molar-refractivity contribution is 0.186. The van der Waals surface area contributed by atoms with Crippen molar-refractivity contribution in [1.82, 2.24) is 8.96 Å². The largest absolute Gasteiger partial charge is 0.380 e. The summed E-state index contributed by atoms with van der Waals surface area (Å²) in [6.07, 6.45) is 3.48. The number of pyridine rings is 1. The standard InChI is InChI=1S/C23H20Br2N2O3S/c1-14-7-9-17(10-8-14)31(28,29)27-19-6-4-5-16(13-30-3)23(19)22-15(2)18(11-21(24)25)26-12-20(22)27/h4-12H,13H2,1-3H3. The van der Waals surface area contributed by atoms with Crippen molar-refractivity contribution in [1.29, 1.82) is 0 Å². The van der Waals surface area contributed by atoms with Gasteiger partial charge in [0.15, 0.2) is 0 Å². The second kappa shape index (κ2) is 8.50. The summed E-state index contributed by atoms with van der Waals surface area (Å²) >= 11 is 6.78. The lowest BCUT2D eigenvalue weighted by Gasteiger charge is -2.10. The van der Waals surface area contributed by atoms with Crippen molar-refractivity contribution < 1.29 is 13.2 Å². The molecule has 0 saturated heterocycles. The van der Waals surface area contributed by atoms with E-state index in [2.05, 4.69) is 36.8 Å². The zero-order valence-corrected chi connectivity index (χ0v) is 21.2. The summed E-state index contributed by atoms with van der Waals surface area (Å²) in [5.74, 6) is 0. The number of aromatic nitrogens is 2. The minimum Gasteiger partial charge on any atom is -0.380 e. The van der Waals surface area contributed by atoms with E-state index in [1.165, 1.54) is 3.97 Å². The Morgan fingerprint density at radius 2 is 1.77 bits per heavy atom. The maximum atomic E-state index is 13.8. The fourth-order valence-corrected chi connectivity index (χ4v) is 5.79. The highest BCUT2D eigenvalue weighted by Crippen LogP contribution is 2.37. The highest BCUT2D eigenvalue weighted by atomic mass is 79.9. The van der Waals surface area contributed by atoms with Crippen molar-refractivity contribution in [3.8, 4) is 0 Å². The van der Waals surface area contributed by atoms with Gasteiger partial charge in [-0.1, -0.05) is 29.8 Å². The zero-order valence-electron chi connectivity index (χ0n) is 17.2. The van der Waals surface area contributed by atoms with E-state index in [1.54, 1.807) is 37.6 Å². The molecule has 4 rings (SSSR count). The van der Waals surface area contributed by atoms with Crippen LogP contribution in [-0.4, -0.2) is 24.5 Å². The predicted octanol–water partition coefficient (Wildman–Crippen LogP) is 6.28. The Morgan fingerprint density at radius 3 is 2.42 bits per heavy atom. The number of ether oxygens (including phenoxy) is 1. The van der Waals surface area contributed by atoms with Crippen LogP contribution in [0.25, 0.3) is 27.9 Å². The van der Waals surface area contributed by atoms with Crippen LogP contribution < -0.4 is 0 Å². The Bertz CT molecular complexity index is 1440. The van der Waals surface area contributed by atoms with Crippen molar-refractivity contribution in [2.75, 3.05) is 7.11 Å². The fraction of sp³-hybridized carbons (Fsp3) is 0.174. The first-order valence-corrected chi connectivity index (χ1v) is 12.5. The monoisotopic (exact) mass is 562 g/mol. The summed E-state index contributed by atoms with van der Waals surface area (Å²) in [7, 11) is -2.22. The van der Waals surface area contributed by atoms with E-state index in [0.29, 0.717) is 17.6 Å². The first-order valence-electron chi connectivity index (χ1n) is 9.51. The number of fused-ring (bicyclic) bond motifs is 3. The summed E-state index contributed by atoms with van der Waals surface area (Å²) in [5.41, 5.74) is 4.70. The maximum Gasteiger partial charge on any atom is 0.268 e. The average Bonchev–Trinajstić information content (AvgIpc) is 3.07. The van der Waals surface area contributed by atoms with Gasteiger partial charge in [-0.2, -0.15) is 0 Å². The van der Waals surface area contributed by atoms with Crippen LogP contribution in [0.2, 0.25) is 0 Å². The van der Waals surface area contributed by atoms with Gasteiger partial charge in [0.2, 0.25) is 0 Å². The molecule has 160 valence electrons.